The van der Waals surface area contributed by atoms with Crippen molar-refractivity contribution in [2.75, 3.05) is 13.1 Å². The van der Waals surface area contributed by atoms with Gasteiger partial charge in [0.1, 0.15) is 6.29 Å². The number of benzene rings is 1. The molecule has 1 atom stereocenters. The molecule has 0 aliphatic carbocycles. The van der Waals surface area contributed by atoms with Crippen LogP contribution in [0.5, 0.6) is 0 Å². The number of aryl methyl sites for hydroxylation is 1. The zero-order chi connectivity index (χ0) is 18.7. The molecule has 2 amide bonds. The molecule has 152 valence electrons. The van der Waals surface area contributed by atoms with Crippen LogP contribution in [0.25, 0.3) is 0 Å². The molecule has 1 aromatic carbocycles. The van der Waals surface area contributed by atoms with Crippen LogP contribution in [0.15, 0.2) is 30.3 Å². The average molecular weight is 402 g/mol. The van der Waals surface area contributed by atoms with Crippen LogP contribution < -0.4 is 16.8 Å². The Kier molecular flexibility index (Phi) is 14.5. The van der Waals surface area contributed by atoms with Crippen LogP contribution in [0.4, 0.5) is 0 Å². The third-order valence-corrected chi connectivity index (χ3v) is 3.61. The zero-order valence-corrected chi connectivity index (χ0v) is 15.8. The third-order valence-electron chi connectivity index (χ3n) is 3.61. The molecular weight excluding hydrogens is 374 g/mol. The molecule has 0 fully saturated rings. The SMILES string of the molecule is Cl.N=C(N)N(CCC[C@H](N)C=O)C(=O)CNC(=O)CCc1ccccc1.O. The van der Waals surface area contributed by atoms with Crippen molar-refractivity contribution in [3.63, 3.8) is 0 Å². The quantitative estimate of drug-likeness (QED) is 0.231. The summed E-state index contributed by atoms with van der Waals surface area (Å²) in [5.74, 6) is -1.12. The smallest absolute Gasteiger partial charge is 0.248 e. The number of halogens is 1. The van der Waals surface area contributed by atoms with Gasteiger partial charge in [-0.25, -0.2) is 0 Å². The number of rotatable bonds is 10. The van der Waals surface area contributed by atoms with E-state index >= 15 is 0 Å². The predicted octanol–water partition coefficient (Wildman–Crippen LogP) is -0.639. The number of carbonyl (C=O) groups excluding carboxylic acids is 3. The molecule has 8 N–H and O–H groups in total. The number of nitrogens with two attached hydrogens (primary N) is 2. The Morgan fingerprint density at radius 2 is 1.89 bits per heavy atom. The van der Waals surface area contributed by atoms with E-state index in [0.29, 0.717) is 25.5 Å². The number of amides is 2. The first kappa shape index (κ1) is 26.7. The second-order valence-corrected chi connectivity index (χ2v) is 5.64. The molecular formula is C17H28ClN5O4. The van der Waals surface area contributed by atoms with Crippen molar-refractivity contribution in [3.8, 4) is 0 Å². The maximum Gasteiger partial charge on any atom is 0.248 e. The highest BCUT2D eigenvalue weighted by Crippen LogP contribution is 2.02. The Hall–Kier alpha value is -2.49. The molecule has 0 aliphatic rings. The summed E-state index contributed by atoms with van der Waals surface area (Å²) in [4.78, 5) is 35.5. The number of hydrogen-bond acceptors (Lipinski definition) is 5. The van der Waals surface area contributed by atoms with Crippen LogP contribution in [0.1, 0.15) is 24.8 Å². The second-order valence-electron chi connectivity index (χ2n) is 5.64. The summed E-state index contributed by atoms with van der Waals surface area (Å²) in [7, 11) is 0. The van der Waals surface area contributed by atoms with Gasteiger partial charge in [0.2, 0.25) is 11.8 Å². The Bertz CT molecular complexity index is 600. The van der Waals surface area contributed by atoms with Gasteiger partial charge in [-0.1, -0.05) is 30.3 Å². The van der Waals surface area contributed by atoms with Gasteiger partial charge in [-0.15, -0.1) is 12.4 Å². The number of nitrogens with zero attached hydrogens (tertiary/aromatic N) is 1. The number of guanidine groups is 1. The molecule has 0 bridgehead atoms. The van der Waals surface area contributed by atoms with E-state index in [1.54, 1.807) is 0 Å². The first-order valence-electron chi connectivity index (χ1n) is 8.10. The van der Waals surface area contributed by atoms with Gasteiger partial charge in [0, 0.05) is 13.0 Å². The van der Waals surface area contributed by atoms with E-state index in [0.717, 1.165) is 10.5 Å². The monoisotopic (exact) mass is 401 g/mol. The van der Waals surface area contributed by atoms with Crippen LogP contribution in [-0.4, -0.2) is 53.6 Å². The number of aldehydes is 1. The normalized spacial score (nSPS) is 10.6. The molecule has 0 heterocycles. The number of hydrogen-bond donors (Lipinski definition) is 4. The van der Waals surface area contributed by atoms with Gasteiger partial charge in [-0.2, -0.15) is 0 Å². The van der Waals surface area contributed by atoms with Crippen molar-refractivity contribution in [1.29, 1.82) is 5.41 Å². The molecule has 0 saturated heterocycles. The molecule has 1 aromatic rings. The van der Waals surface area contributed by atoms with Crippen LogP contribution >= 0.6 is 12.4 Å². The first-order chi connectivity index (χ1) is 11.9. The average Bonchev–Trinajstić information content (AvgIpc) is 2.61. The molecule has 0 spiro atoms. The Labute approximate surface area is 164 Å². The van der Waals surface area contributed by atoms with Crippen LogP contribution in [0.2, 0.25) is 0 Å². The number of nitrogens with one attached hydrogen (secondary N) is 2. The van der Waals surface area contributed by atoms with Gasteiger partial charge < -0.3 is 27.1 Å². The second kappa shape index (κ2) is 14.7. The lowest BCUT2D eigenvalue weighted by atomic mass is 10.1. The molecule has 0 aromatic heterocycles. The van der Waals surface area contributed by atoms with E-state index in [4.69, 9.17) is 16.9 Å². The maximum absolute atomic E-state index is 12.1. The molecule has 10 heteroatoms. The Morgan fingerprint density at radius 1 is 1.26 bits per heavy atom. The minimum absolute atomic E-state index is 0. The van der Waals surface area contributed by atoms with Crippen molar-refractivity contribution in [2.45, 2.75) is 31.7 Å². The molecule has 0 aliphatic heterocycles. The van der Waals surface area contributed by atoms with Crippen molar-refractivity contribution < 1.29 is 19.9 Å². The molecule has 0 radical (unpaired) electrons. The topological polar surface area (TPSA) is 174 Å². The summed E-state index contributed by atoms with van der Waals surface area (Å²) in [5.41, 5.74) is 11.9. The van der Waals surface area contributed by atoms with Crippen molar-refractivity contribution in [1.82, 2.24) is 10.2 Å². The molecule has 27 heavy (non-hydrogen) atoms. The Morgan fingerprint density at radius 3 is 2.44 bits per heavy atom. The fraction of sp³-hybridized carbons (Fsp3) is 0.412. The minimum atomic E-state index is -0.596. The molecule has 9 nitrogen and oxygen atoms in total. The fourth-order valence-corrected chi connectivity index (χ4v) is 2.19. The van der Waals surface area contributed by atoms with E-state index in [-0.39, 0.29) is 43.3 Å². The molecule has 0 unspecified atom stereocenters. The summed E-state index contributed by atoms with van der Waals surface area (Å²) >= 11 is 0. The summed E-state index contributed by atoms with van der Waals surface area (Å²) in [6.45, 7) is -0.0530. The van der Waals surface area contributed by atoms with Crippen molar-refractivity contribution >= 4 is 36.5 Å². The fourth-order valence-electron chi connectivity index (χ4n) is 2.19. The van der Waals surface area contributed by atoms with Crippen LogP contribution in [-0.2, 0) is 20.8 Å². The van der Waals surface area contributed by atoms with Gasteiger partial charge >= 0.3 is 0 Å². The van der Waals surface area contributed by atoms with Gasteiger partial charge in [0.25, 0.3) is 0 Å². The lowest BCUT2D eigenvalue weighted by Gasteiger charge is -2.21. The lowest BCUT2D eigenvalue weighted by Crippen LogP contribution is -2.47. The summed E-state index contributed by atoms with van der Waals surface area (Å²) in [5, 5.41) is 10.00. The van der Waals surface area contributed by atoms with E-state index < -0.39 is 17.9 Å². The van der Waals surface area contributed by atoms with Gasteiger partial charge in [-0.3, -0.25) is 19.9 Å². The zero-order valence-electron chi connectivity index (χ0n) is 15.0. The van der Waals surface area contributed by atoms with Crippen molar-refractivity contribution in [3.05, 3.63) is 35.9 Å². The van der Waals surface area contributed by atoms with Crippen molar-refractivity contribution in [2.24, 2.45) is 11.5 Å². The summed E-state index contributed by atoms with van der Waals surface area (Å²) < 4.78 is 0. The summed E-state index contributed by atoms with van der Waals surface area (Å²) in [6, 6.07) is 8.97. The maximum atomic E-state index is 12.1. The van der Waals surface area contributed by atoms with Crippen LogP contribution in [0.3, 0.4) is 0 Å². The standard InChI is InChI=1S/C17H25N5O3.ClH.H2O/c18-14(12-23)7-4-10-22(17(19)20)16(25)11-21-15(24)9-8-13-5-2-1-3-6-13;;/h1-3,5-6,12,14H,4,7-11,18H2,(H3,19,20)(H,21,24);1H;1H2/t14-;;/m0../s1. The van der Waals surface area contributed by atoms with Crippen LogP contribution in [0, 0.1) is 5.41 Å². The largest absolute Gasteiger partial charge is 0.412 e. The number of carbonyl (C=O) groups is 3. The van der Waals surface area contributed by atoms with E-state index in [9.17, 15) is 14.4 Å². The van der Waals surface area contributed by atoms with Gasteiger partial charge in [-0.05, 0) is 24.8 Å². The molecule has 0 saturated carbocycles. The molecule has 1 rings (SSSR count). The van der Waals surface area contributed by atoms with E-state index in [1.165, 1.54) is 0 Å². The predicted molar refractivity (Wildman–Crippen MR) is 106 cm³/mol. The van der Waals surface area contributed by atoms with Gasteiger partial charge in [0.15, 0.2) is 5.96 Å². The third kappa shape index (κ3) is 11.0. The minimum Gasteiger partial charge on any atom is -0.412 e. The van der Waals surface area contributed by atoms with E-state index in [2.05, 4.69) is 5.32 Å². The first-order valence-corrected chi connectivity index (χ1v) is 8.10. The van der Waals surface area contributed by atoms with Gasteiger partial charge in [0.05, 0.1) is 12.6 Å². The Balaban J connectivity index is 0. The highest BCUT2D eigenvalue weighted by Gasteiger charge is 2.17. The highest BCUT2D eigenvalue weighted by molar-refractivity contribution is 5.97. The summed E-state index contributed by atoms with van der Waals surface area (Å²) in [6.07, 6.45) is 2.32. The lowest BCUT2D eigenvalue weighted by molar-refractivity contribution is -0.130. The highest BCUT2D eigenvalue weighted by atomic mass is 35.5. The van der Waals surface area contributed by atoms with E-state index in [1.807, 2.05) is 30.3 Å².